The van der Waals surface area contributed by atoms with Crippen molar-refractivity contribution in [2.45, 2.75) is 18.9 Å². The molecule has 3 nitrogen and oxygen atoms in total. The fraction of sp³-hybridized carbons (Fsp3) is 0.417. The van der Waals surface area contributed by atoms with Gasteiger partial charge in [0.05, 0.1) is 5.02 Å². The van der Waals surface area contributed by atoms with E-state index in [1.807, 2.05) is 0 Å². The summed E-state index contributed by atoms with van der Waals surface area (Å²) in [5, 5.41) is 11.9. The lowest BCUT2D eigenvalue weighted by Gasteiger charge is -2.15. The fourth-order valence-corrected chi connectivity index (χ4v) is 1.86. The topological polar surface area (TPSA) is 49.3 Å². The Hall–Kier alpha value is -1.13. The van der Waals surface area contributed by atoms with Gasteiger partial charge in [-0.25, -0.2) is 4.39 Å². The van der Waals surface area contributed by atoms with E-state index in [1.54, 1.807) is 6.07 Å². The molecule has 0 bridgehead atoms. The first-order chi connectivity index (χ1) is 8.09. The second-order valence-electron chi connectivity index (χ2n) is 4.27. The third-order valence-electron chi connectivity index (χ3n) is 2.85. The maximum Gasteiger partial charge on any atom is 0.325 e. The maximum atomic E-state index is 13.7. The average Bonchev–Trinajstić information content (AvgIpc) is 3.07. The van der Waals surface area contributed by atoms with Crippen molar-refractivity contribution in [3.05, 3.63) is 34.6 Å². The molecule has 1 aromatic rings. The van der Waals surface area contributed by atoms with Crippen LogP contribution in [0.25, 0.3) is 0 Å². The number of nitrogens with one attached hydrogen (secondary N) is 1. The molecule has 0 aromatic heterocycles. The van der Waals surface area contributed by atoms with Gasteiger partial charge in [0, 0.05) is 5.56 Å². The largest absolute Gasteiger partial charge is 0.480 e. The van der Waals surface area contributed by atoms with Crippen molar-refractivity contribution in [2.75, 3.05) is 6.54 Å². The quantitative estimate of drug-likeness (QED) is 0.853. The zero-order valence-electron chi connectivity index (χ0n) is 9.12. The Labute approximate surface area is 104 Å². The van der Waals surface area contributed by atoms with Crippen LogP contribution in [0, 0.1) is 11.7 Å². The van der Waals surface area contributed by atoms with Gasteiger partial charge < -0.3 is 10.4 Å². The third kappa shape index (κ3) is 2.96. The predicted molar refractivity (Wildman–Crippen MR) is 62.5 cm³/mol. The highest BCUT2D eigenvalue weighted by Crippen LogP contribution is 2.29. The van der Waals surface area contributed by atoms with Crippen LogP contribution in [0.2, 0.25) is 5.02 Å². The van der Waals surface area contributed by atoms with Crippen molar-refractivity contribution in [3.63, 3.8) is 0 Å². The van der Waals surface area contributed by atoms with Gasteiger partial charge in [-0.05, 0) is 31.4 Å². The van der Waals surface area contributed by atoms with Crippen LogP contribution in [0.3, 0.4) is 0 Å². The summed E-state index contributed by atoms with van der Waals surface area (Å²) < 4.78 is 13.7. The van der Waals surface area contributed by atoms with E-state index in [4.69, 9.17) is 16.7 Å². The van der Waals surface area contributed by atoms with Crippen LogP contribution < -0.4 is 5.32 Å². The van der Waals surface area contributed by atoms with Gasteiger partial charge in [0.2, 0.25) is 0 Å². The first-order valence-corrected chi connectivity index (χ1v) is 5.87. The fourth-order valence-electron chi connectivity index (χ4n) is 1.68. The second-order valence-corrected chi connectivity index (χ2v) is 4.67. The molecule has 1 aliphatic carbocycles. The van der Waals surface area contributed by atoms with E-state index >= 15 is 0 Å². The summed E-state index contributed by atoms with van der Waals surface area (Å²) in [5.41, 5.74) is 0.0886. The van der Waals surface area contributed by atoms with Gasteiger partial charge in [-0.15, -0.1) is 0 Å². The van der Waals surface area contributed by atoms with Gasteiger partial charge in [-0.1, -0.05) is 23.7 Å². The smallest absolute Gasteiger partial charge is 0.325 e. The Morgan fingerprint density at radius 1 is 1.59 bits per heavy atom. The highest BCUT2D eigenvalue weighted by molar-refractivity contribution is 6.30. The summed E-state index contributed by atoms with van der Waals surface area (Å²) in [6, 6.07) is 3.37. The number of hydrogen-bond donors (Lipinski definition) is 2. The number of rotatable bonds is 5. The molecular weight excluding hydrogens is 245 g/mol. The lowest BCUT2D eigenvalue weighted by Crippen LogP contribution is -2.30. The number of halogens is 2. The summed E-state index contributed by atoms with van der Waals surface area (Å²) in [6.45, 7) is 0.600. The molecule has 0 saturated heterocycles. The monoisotopic (exact) mass is 257 g/mol. The molecule has 2 rings (SSSR count). The number of carbonyl (C=O) groups is 1. The van der Waals surface area contributed by atoms with Gasteiger partial charge in [0.25, 0.3) is 0 Å². The molecule has 0 spiro atoms. The molecule has 1 atom stereocenters. The summed E-state index contributed by atoms with van der Waals surface area (Å²) in [5.74, 6) is -1.23. The molecule has 2 N–H and O–H groups in total. The Balaban J connectivity index is 2.18. The number of hydrogen-bond acceptors (Lipinski definition) is 2. The second kappa shape index (κ2) is 5.02. The highest BCUT2D eigenvalue weighted by atomic mass is 35.5. The van der Waals surface area contributed by atoms with Gasteiger partial charge >= 0.3 is 5.97 Å². The number of carboxylic acids is 1. The molecule has 0 amide bonds. The Morgan fingerprint density at radius 2 is 2.29 bits per heavy atom. The molecule has 17 heavy (non-hydrogen) atoms. The van der Waals surface area contributed by atoms with E-state index in [-0.39, 0.29) is 10.6 Å². The van der Waals surface area contributed by atoms with E-state index in [1.165, 1.54) is 12.1 Å². The van der Waals surface area contributed by atoms with E-state index in [0.29, 0.717) is 12.5 Å². The summed E-state index contributed by atoms with van der Waals surface area (Å²) in [7, 11) is 0. The van der Waals surface area contributed by atoms with Crippen LogP contribution in [0.4, 0.5) is 4.39 Å². The van der Waals surface area contributed by atoms with Crippen molar-refractivity contribution < 1.29 is 14.3 Å². The minimum atomic E-state index is -1.09. The third-order valence-corrected chi connectivity index (χ3v) is 3.14. The molecule has 92 valence electrons. The van der Waals surface area contributed by atoms with Crippen molar-refractivity contribution in [1.82, 2.24) is 5.32 Å². The molecular formula is C12H13ClFNO2. The van der Waals surface area contributed by atoms with Gasteiger partial charge in [-0.3, -0.25) is 4.79 Å². The van der Waals surface area contributed by atoms with Crippen LogP contribution >= 0.6 is 11.6 Å². The highest BCUT2D eigenvalue weighted by Gasteiger charge is 2.27. The normalized spacial score (nSPS) is 16.8. The summed E-state index contributed by atoms with van der Waals surface area (Å²) in [4.78, 5) is 11.1. The zero-order valence-corrected chi connectivity index (χ0v) is 9.88. The van der Waals surface area contributed by atoms with Crippen LogP contribution in [0.15, 0.2) is 18.2 Å². The molecule has 1 fully saturated rings. The number of aliphatic carboxylic acids is 1. The molecule has 0 radical (unpaired) electrons. The molecule has 1 unspecified atom stereocenters. The van der Waals surface area contributed by atoms with Crippen LogP contribution in [0.5, 0.6) is 0 Å². The van der Waals surface area contributed by atoms with Crippen LogP contribution in [-0.2, 0) is 4.79 Å². The van der Waals surface area contributed by atoms with Gasteiger partial charge in [0.1, 0.15) is 11.9 Å². The Kier molecular flexibility index (Phi) is 3.64. The van der Waals surface area contributed by atoms with Gasteiger partial charge in [-0.2, -0.15) is 0 Å². The Bertz CT molecular complexity index is 435. The molecule has 1 aromatic carbocycles. The maximum absolute atomic E-state index is 13.7. The first-order valence-electron chi connectivity index (χ1n) is 5.49. The van der Waals surface area contributed by atoms with E-state index < -0.39 is 17.8 Å². The minimum Gasteiger partial charge on any atom is -0.480 e. The predicted octanol–water partition coefficient (Wildman–Crippen LogP) is 2.60. The minimum absolute atomic E-state index is 0.0537. The zero-order chi connectivity index (χ0) is 12.4. The van der Waals surface area contributed by atoms with Crippen LogP contribution in [-0.4, -0.2) is 17.6 Å². The van der Waals surface area contributed by atoms with Crippen molar-refractivity contribution >= 4 is 17.6 Å². The SMILES string of the molecule is O=C(O)C(NCC1CC1)c1cccc(Cl)c1F. The molecule has 1 saturated carbocycles. The average molecular weight is 258 g/mol. The van der Waals surface area contributed by atoms with Crippen molar-refractivity contribution in [2.24, 2.45) is 5.92 Å². The number of benzene rings is 1. The first kappa shape index (κ1) is 12.3. The van der Waals surface area contributed by atoms with Gasteiger partial charge in [0.15, 0.2) is 0 Å². The van der Waals surface area contributed by atoms with E-state index in [0.717, 1.165) is 12.8 Å². The Morgan fingerprint density at radius 3 is 2.88 bits per heavy atom. The number of carboxylic acid groups (broad SMARTS) is 1. The summed E-state index contributed by atoms with van der Waals surface area (Å²) in [6.07, 6.45) is 2.22. The van der Waals surface area contributed by atoms with E-state index in [2.05, 4.69) is 5.32 Å². The lowest BCUT2D eigenvalue weighted by molar-refractivity contribution is -0.139. The molecule has 0 heterocycles. The van der Waals surface area contributed by atoms with Crippen molar-refractivity contribution in [1.29, 1.82) is 0 Å². The molecule has 0 aliphatic heterocycles. The lowest BCUT2D eigenvalue weighted by atomic mass is 10.1. The summed E-state index contributed by atoms with van der Waals surface area (Å²) >= 11 is 5.64. The molecule has 1 aliphatic rings. The van der Waals surface area contributed by atoms with Crippen LogP contribution in [0.1, 0.15) is 24.4 Å². The van der Waals surface area contributed by atoms with Crippen molar-refractivity contribution in [3.8, 4) is 0 Å². The molecule has 5 heteroatoms. The standard InChI is InChI=1S/C12H13ClFNO2/c13-9-3-1-2-8(10(9)14)11(12(16)17)15-6-7-4-5-7/h1-3,7,11,15H,4-6H2,(H,16,17). The van der Waals surface area contributed by atoms with E-state index in [9.17, 15) is 9.18 Å².